The van der Waals surface area contributed by atoms with Gasteiger partial charge >= 0.3 is 19.8 Å². The third-order valence-electron chi connectivity index (χ3n) is 9.09. The van der Waals surface area contributed by atoms with E-state index < -0.39 is 32.5 Å². The van der Waals surface area contributed by atoms with Crippen LogP contribution in [0, 0.1) is 0 Å². The molecule has 0 spiro atoms. The smallest absolute Gasteiger partial charge is 0.462 e. The summed E-state index contributed by atoms with van der Waals surface area (Å²) in [6, 6.07) is 0. The van der Waals surface area contributed by atoms with Gasteiger partial charge in [-0.3, -0.25) is 18.6 Å². The maximum atomic E-state index is 12.6. The van der Waals surface area contributed by atoms with Crippen LogP contribution in [-0.4, -0.2) is 49.3 Å². The van der Waals surface area contributed by atoms with Gasteiger partial charge in [-0.25, -0.2) is 4.57 Å². The van der Waals surface area contributed by atoms with Gasteiger partial charge in [0.2, 0.25) is 0 Å². The fraction of sp³-hybridized carbons (Fsp3) is 0.702. The zero-order valence-corrected chi connectivity index (χ0v) is 36.9. The van der Waals surface area contributed by atoms with E-state index in [0.717, 1.165) is 64.2 Å². The van der Waals surface area contributed by atoms with Crippen molar-refractivity contribution in [1.29, 1.82) is 0 Å². The molecule has 328 valence electrons. The van der Waals surface area contributed by atoms with Crippen LogP contribution >= 0.6 is 7.82 Å². The molecular weight excluding hydrogens is 737 g/mol. The van der Waals surface area contributed by atoms with E-state index in [1.165, 1.54) is 77.0 Å². The summed E-state index contributed by atoms with van der Waals surface area (Å²) >= 11 is 0. The highest BCUT2D eigenvalue weighted by molar-refractivity contribution is 7.47. The van der Waals surface area contributed by atoms with Gasteiger partial charge in [-0.05, 0) is 77.0 Å². The third-order valence-corrected chi connectivity index (χ3v) is 10.1. The summed E-state index contributed by atoms with van der Waals surface area (Å²) in [5.41, 5.74) is 5.34. The first-order chi connectivity index (χ1) is 27.8. The van der Waals surface area contributed by atoms with Gasteiger partial charge in [0, 0.05) is 19.4 Å². The van der Waals surface area contributed by atoms with E-state index in [2.05, 4.69) is 86.8 Å². The van der Waals surface area contributed by atoms with Gasteiger partial charge in [0.15, 0.2) is 6.10 Å². The molecule has 0 aromatic rings. The second-order valence-electron chi connectivity index (χ2n) is 14.6. The number of phosphoric acid groups is 1. The molecule has 0 radical (unpaired) electrons. The fourth-order valence-corrected chi connectivity index (χ4v) is 6.50. The standard InChI is InChI=1S/C47H82NO8P/c1-3-5-7-9-11-13-15-17-19-20-21-22-23-24-26-27-29-31-33-35-37-39-46(49)53-43-45(44-55-57(51,52)54-42-41-48)56-47(50)40-38-36-34-32-30-28-25-18-16-14-12-10-8-6-4-2/h14,16,18-20,22-23,25-27,31,33,45H,3-13,15,17,21,24,28-30,32,34-44,48H2,1-2H3,(H,51,52)/b16-14+,20-19+,23-22+,25-18+,27-26+,33-31+/t45-/m0/s1. The van der Waals surface area contributed by atoms with E-state index in [1.54, 1.807) is 0 Å². The highest BCUT2D eigenvalue weighted by Gasteiger charge is 2.25. The summed E-state index contributed by atoms with van der Waals surface area (Å²) in [5, 5.41) is 0. The molecule has 0 aliphatic heterocycles. The topological polar surface area (TPSA) is 134 Å². The first-order valence-corrected chi connectivity index (χ1v) is 23.9. The third kappa shape index (κ3) is 42.9. The van der Waals surface area contributed by atoms with Gasteiger partial charge in [-0.1, -0.05) is 164 Å². The van der Waals surface area contributed by atoms with Gasteiger partial charge in [0.05, 0.1) is 13.2 Å². The molecule has 0 amide bonds. The number of phosphoric ester groups is 1. The molecule has 0 saturated heterocycles. The zero-order valence-electron chi connectivity index (χ0n) is 36.0. The van der Waals surface area contributed by atoms with Gasteiger partial charge in [-0.2, -0.15) is 0 Å². The summed E-state index contributed by atoms with van der Waals surface area (Å²) < 4.78 is 32.7. The Morgan fingerprint density at radius 3 is 1.53 bits per heavy atom. The molecule has 57 heavy (non-hydrogen) atoms. The summed E-state index contributed by atoms with van der Waals surface area (Å²) in [6.07, 6.45) is 52.3. The Morgan fingerprint density at radius 2 is 0.982 bits per heavy atom. The number of hydrogen-bond donors (Lipinski definition) is 2. The molecule has 0 rings (SSSR count). The molecule has 0 aliphatic rings. The van der Waals surface area contributed by atoms with Crippen molar-refractivity contribution in [3.63, 3.8) is 0 Å². The molecule has 0 bridgehead atoms. The molecule has 0 aromatic carbocycles. The van der Waals surface area contributed by atoms with E-state index in [0.29, 0.717) is 12.8 Å². The molecule has 0 saturated carbocycles. The van der Waals surface area contributed by atoms with Crippen LogP contribution in [-0.2, 0) is 32.7 Å². The molecule has 3 N–H and O–H groups in total. The molecule has 9 nitrogen and oxygen atoms in total. The van der Waals surface area contributed by atoms with Crippen molar-refractivity contribution in [1.82, 2.24) is 0 Å². The number of esters is 2. The number of allylic oxidation sites excluding steroid dienone is 12. The molecule has 0 fully saturated rings. The molecular formula is C47H82NO8P. The van der Waals surface area contributed by atoms with Crippen molar-refractivity contribution in [3.05, 3.63) is 72.9 Å². The lowest BCUT2D eigenvalue weighted by atomic mass is 10.1. The summed E-state index contributed by atoms with van der Waals surface area (Å²) in [4.78, 5) is 34.9. The molecule has 1 unspecified atom stereocenters. The predicted octanol–water partition coefficient (Wildman–Crippen LogP) is 13.1. The number of unbranched alkanes of at least 4 members (excludes halogenated alkanes) is 17. The van der Waals surface area contributed by atoms with Crippen LogP contribution in [0.1, 0.15) is 181 Å². The van der Waals surface area contributed by atoms with Gasteiger partial charge in [0.25, 0.3) is 0 Å². The largest absolute Gasteiger partial charge is 0.472 e. The predicted molar refractivity (Wildman–Crippen MR) is 238 cm³/mol. The quantitative estimate of drug-likeness (QED) is 0.0203. The first kappa shape index (κ1) is 54.5. The van der Waals surface area contributed by atoms with E-state index in [4.69, 9.17) is 24.3 Å². The lowest BCUT2D eigenvalue weighted by Gasteiger charge is -2.19. The van der Waals surface area contributed by atoms with E-state index >= 15 is 0 Å². The van der Waals surface area contributed by atoms with Crippen LogP contribution < -0.4 is 5.73 Å². The Hall–Kier alpha value is -2.55. The molecule has 0 heterocycles. The average molecular weight is 820 g/mol. The zero-order chi connectivity index (χ0) is 41.8. The summed E-state index contributed by atoms with van der Waals surface area (Å²) in [7, 11) is -4.40. The number of nitrogens with two attached hydrogens (primary N) is 1. The number of carbonyl (C=O) groups is 2. The van der Waals surface area contributed by atoms with E-state index in [-0.39, 0.29) is 32.6 Å². The fourth-order valence-electron chi connectivity index (χ4n) is 5.73. The van der Waals surface area contributed by atoms with Crippen molar-refractivity contribution in [3.8, 4) is 0 Å². The minimum atomic E-state index is -4.40. The first-order valence-electron chi connectivity index (χ1n) is 22.4. The molecule has 10 heteroatoms. The summed E-state index contributed by atoms with van der Waals surface area (Å²) in [6.45, 7) is 3.62. The minimum Gasteiger partial charge on any atom is -0.462 e. The Balaban J connectivity index is 4.27. The van der Waals surface area contributed by atoms with Crippen LogP contribution in [0.2, 0.25) is 0 Å². The summed E-state index contributed by atoms with van der Waals surface area (Å²) in [5.74, 6) is -0.917. The molecule has 0 aliphatic carbocycles. The van der Waals surface area contributed by atoms with Gasteiger partial charge < -0.3 is 20.1 Å². The second-order valence-corrected chi connectivity index (χ2v) is 16.0. The van der Waals surface area contributed by atoms with Crippen molar-refractivity contribution >= 4 is 19.8 Å². The van der Waals surface area contributed by atoms with Crippen molar-refractivity contribution < 1.29 is 37.6 Å². The molecule has 2 atom stereocenters. The monoisotopic (exact) mass is 820 g/mol. The van der Waals surface area contributed by atoms with Crippen molar-refractivity contribution in [2.45, 2.75) is 187 Å². The number of rotatable bonds is 41. The van der Waals surface area contributed by atoms with Crippen LogP contribution in [0.5, 0.6) is 0 Å². The van der Waals surface area contributed by atoms with Crippen LogP contribution in [0.3, 0.4) is 0 Å². The number of ether oxygens (including phenoxy) is 2. The van der Waals surface area contributed by atoms with Crippen LogP contribution in [0.25, 0.3) is 0 Å². The van der Waals surface area contributed by atoms with Gasteiger partial charge in [-0.15, -0.1) is 0 Å². The maximum Gasteiger partial charge on any atom is 0.472 e. The minimum absolute atomic E-state index is 0.0401. The Bertz CT molecular complexity index is 1160. The van der Waals surface area contributed by atoms with Gasteiger partial charge in [0.1, 0.15) is 6.61 Å². The lowest BCUT2D eigenvalue weighted by Crippen LogP contribution is -2.29. The highest BCUT2D eigenvalue weighted by Crippen LogP contribution is 2.43. The Labute approximate surface area is 348 Å². The van der Waals surface area contributed by atoms with Crippen molar-refractivity contribution in [2.75, 3.05) is 26.4 Å². The normalized spacial score (nSPS) is 14.0. The average Bonchev–Trinajstić information content (AvgIpc) is 3.20. The highest BCUT2D eigenvalue weighted by atomic mass is 31.2. The maximum absolute atomic E-state index is 12.6. The van der Waals surface area contributed by atoms with E-state index in [1.807, 2.05) is 0 Å². The SMILES string of the molecule is CCCCCC/C=C/C=C/CCCCCCCC(=O)O[C@@H](COC(=O)CCC/C=C/C/C=C/C/C=C/C/C=C/CCCCCCCCC)COP(=O)(O)OCCN. The number of carbonyl (C=O) groups excluding carboxylic acids is 2. The Morgan fingerprint density at radius 1 is 0.544 bits per heavy atom. The van der Waals surface area contributed by atoms with Crippen LogP contribution in [0.15, 0.2) is 72.9 Å². The van der Waals surface area contributed by atoms with Crippen LogP contribution in [0.4, 0.5) is 0 Å². The van der Waals surface area contributed by atoms with Crippen molar-refractivity contribution in [2.24, 2.45) is 5.73 Å². The Kier molecular flexibility index (Phi) is 41.1. The lowest BCUT2D eigenvalue weighted by molar-refractivity contribution is -0.161. The van der Waals surface area contributed by atoms with E-state index in [9.17, 15) is 19.0 Å². The molecule has 0 aromatic heterocycles. The number of hydrogen-bond acceptors (Lipinski definition) is 8. The second kappa shape index (κ2) is 43.0.